The minimum atomic E-state index is 0.862. The van der Waals surface area contributed by atoms with Gasteiger partial charge in [-0.3, -0.25) is 0 Å². The molecule has 0 heterocycles. The third kappa shape index (κ3) is 4.41. The van der Waals surface area contributed by atoms with Crippen LogP contribution in [-0.2, 0) is 12.3 Å². The third-order valence-electron chi connectivity index (χ3n) is 3.16. The Labute approximate surface area is 130 Å². The van der Waals surface area contributed by atoms with Crippen LogP contribution in [0, 0.1) is 0 Å². The van der Waals surface area contributed by atoms with Gasteiger partial charge in [-0.1, -0.05) is 12.1 Å². The molecule has 2 aromatic carbocycles. The molecule has 2 aromatic rings. The lowest BCUT2D eigenvalue weighted by molar-refractivity contribution is 0.411. The van der Waals surface area contributed by atoms with E-state index >= 15 is 0 Å². The fraction of sp³-hybridized carbons (Fsp3) is 0.294. The molecule has 2 rings (SSSR count). The van der Waals surface area contributed by atoms with Crippen molar-refractivity contribution < 1.29 is 9.47 Å². The van der Waals surface area contributed by atoms with Gasteiger partial charge in [0.25, 0.3) is 0 Å². The molecule has 4 heteroatoms. The Morgan fingerprint density at radius 3 is 2.62 bits per heavy atom. The van der Waals surface area contributed by atoms with Gasteiger partial charge in [-0.25, -0.2) is 0 Å². The lowest BCUT2D eigenvalue weighted by Gasteiger charge is -2.11. The van der Waals surface area contributed by atoms with Gasteiger partial charge in [-0.2, -0.15) is 0 Å². The summed E-state index contributed by atoms with van der Waals surface area (Å²) in [6, 6.07) is 14.4. The Hall–Kier alpha value is -1.65. The van der Waals surface area contributed by atoms with Crippen LogP contribution in [0.25, 0.3) is 0 Å². The first kappa shape index (κ1) is 15.7. The number of hydrogen-bond donors (Lipinski definition) is 1. The van der Waals surface area contributed by atoms with Crippen LogP contribution in [0.1, 0.15) is 11.1 Å². The first-order chi connectivity index (χ1) is 10.3. The fourth-order valence-electron chi connectivity index (χ4n) is 2.11. The molecule has 112 valence electrons. The molecule has 1 N–H and O–H groups in total. The van der Waals surface area contributed by atoms with E-state index in [2.05, 4.69) is 29.6 Å². The number of benzene rings is 2. The van der Waals surface area contributed by atoms with E-state index in [0.717, 1.165) is 23.8 Å². The van der Waals surface area contributed by atoms with E-state index in [1.54, 1.807) is 26.0 Å². The molecule has 0 aliphatic carbocycles. The molecule has 0 spiro atoms. The summed E-state index contributed by atoms with van der Waals surface area (Å²) in [5.41, 5.74) is 2.47. The SMILES string of the molecule is CNCc1ccc(OC)c(CSc2cccc(OC)c2)c1. The molecule has 0 aliphatic rings. The summed E-state index contributed by atoms with van der Waals surface area (Å²) in [5.74, 6) is 2.69. The molecule has 0 saturated heterocycles. The summed E-state index contributed by atoms with van der Waals surface area (Å²) in [7, 11) is 5.36. The Morgan fingerprint density at radius 2 is 1.90 bits per heavy atom. The Bertz CT molecular complexity index is 587. The molecule has 0 saturated carbocycles. The maximum absolute atomic E-state index is 5.45. The molecule has 3 nitrogen and oxygen atoms in total. The van der Waals surface area contributed by atoms with Crippen LogP contribution in [0.15, 0.2) is 47.4 Å². The minimum absolute atomic E-state index is 0.862. The molecule has 0 aliphatic heterocycles. The quantitative estimate of drug-likeness (QED) is 0.790. The van der Waals surface area contributed by atoms with Crippen molar-refractivity contribution in [2.24, 2.45) is 0 Å². The smallest absolute Gasteiger partial charge is 0.122 e. The van der Waals surface area contributed by atoms with E-state index in [-0.39, 0.29) is 0 Å². The van der Waals surface area contributed by atoms with E-state index in [9.17, 15) is 0 Å². The molecule has 0 radical (unpaired) electrons. The number of nitrogens with one attached hydrogen (secondary N) is 1. The largest absolute Gasteiger partial charge is 0.497 e. The van der Waals surface area contributed by atoms with Crippen LogP contribution >= 0.6 is 11.8 Å². The third-order valence-corrected chi connectivity index (χ3v) is 4.20. The van der Waals surface area contributed by atoms with Crippen molar-refractivity contribution in [3.8, 4) is 11.5 Å². The van der Waals surface area contributed by atoms with Crippen molar-refractivity contribution in [1.29, 1.82) is 0 Å². The zero-order valence-electron chi connectivity index (χ0n) is 12.7. The van der Waals surface area contributed by atoms with Crippen LogP contribution in [0.4, 0.5) is 0 Å². The van der Waals surface area contributed by atoms with E-state index in [0.29, 0.717) is 0 Å². The first-order valence-corrected chi connectivity index (χ1v) is 7.82. The van der Waals surface area contributed by atoms with Crippen molar-refractivity contribution in [2.75, 3.05) is 21.3 Å². The van der Waals surface area contributed by atoms with Crippen LogP contribution in [0.2, 0.25) is 0 Å². The number of methoxy groups -OCH3 is 2. The Kier molecular flexibility index (Phi) is 5.96. The number of ether oxygens (including phenoxy) is 2. The van der Waals surface area contributed by atoms with Crippen molar-refractivity contribution in [2.45, 2.75) is 17.2 Å². The van der Waals surface area contributed by atoms with Gasteiger partial charge < -0.3 is 14.8 Å². The topological polar surface area (TPSA) is 30.5 Å². The first-order valence-electron chi connectivity index (χ1n) is 6.84. The van der Waals surface area contributed by atoms with E-state index < -0.39 is 0 Å². The monoisotopic (exact) mass is 303 g/mol. The predicted octanol–water partition coefficient (Wildman–Crippen LogP) is 3.72. The Balaban J connectivity index is 2.12. The second kappa shape index (κ2) is 7.96. The Morgan fingerprint density at radius 1 is 1.05 bits per heavy atom. The summed E-state index contributed by atoms with van der Waals surface area (Å²) in [5, 5.41) is 3.17. The molecule has 0 fully saturated rings. The highest BCUT2D eigenvalue weighted by Gasteiger charge is 2.06. The molecule has 0 unspecified atom stereocenters. The van der Waals surface area contributed by atoms with Gasteiger partial charge in [0.05, 0.1) is 14.2 Å². The summed E-state index contributed by atoms with van der Waals surface area (Å²) in [6.45, 7) is 0.862. The number of hydrogen-bond acceptors (Lipinski definition) is 4. The molecular weight excluding hydrogens is 282 g/mol. The second-order valence-electron chi connectivity index (χ2n) is 4.64. The zero-order valence-corrected chi connectivity index (χ0v) is 13.5. The van der Waals surface area contributed by atoms with Crippen molar-refractivity contribution in [3.63, 3.8) is 0 Å². The van der Waals surface area contributed by atoms with Crippen molar-refractivity contribution in [1.82, 2.24) is 5.32 Å². The molecule has 0 bridgehead atoms. The van der Waals surface area contributed by atoms with Gasteiger partial charge >= 0.3 is 0 Å². The molecule has 0 aromatic heterocycles. The van der Waals surface area contributed by atoms with Gasteiger partial charge in [0, 0.05) is 22.8 Å². The molecule has 0 atom stereocenters. The normalized spacial score (nSPS) is 10.4. The van der Waals surface area contributed by atoms with Crippen LogP contribution in [0.3, 0.4) is 0 Å². The van der Waals surface area contributed by atoms with Crippen LogP contribution in [0.5, 0.6) is 11.5 Å². The summed E-state index contributed by atoms with van der Waals surface area (Å²) >= 11 is 1.78. The van der Waals surface area contributed by atoms with E-state index in [4.69, 9.17) is 9.47 Å². The number of thioether (sulfide) groups is 1. The van der Waals surface area contributed by atoms with Gasteiger partial charge in [-0.15, -0.1) is 11.8 Å². The second-order valence-corrected chi connectivity index (χ2v) is 5.69. The van der Waals surface area contributed by atoms with Crippen molar-refractivity contribution in [3.05, 3.63) is 53.6 Å². The van der Waals surface area contributed by atoms with Gasteiger partial charge in [0.15, 0.2) is 0 Å². The van der Waals surface area contributed by atoms with Crippen LogP contribution < -0.4 is 14.8 Å². The van der Waals surface area contributed by atoms with Crippen molar-refractivity contribution >= 4 is 11.8 Å². The highest BCUT2D eigenvalue weighted by molar-refractivity contribution is 7.98. The highest BCUT2D eigenvalue weighted by atomic mass is 32.2. The zero-order chi connectivity index (χ0) is 15.1. The van der Waals surface area contributed by atoms with Crippen LogP contribution in [-0.4, -0.2) is 21.3 Å². The van der Waals surface area contributed by atoms with E-state index in [1.807, 2.05) is 25.2 Å². The van der Waals surface area contributed by atoms with E-state index in [1.165, 1.54) is 16.0 Å². The predicted molar refractivity (Wildman–Crippen MR) is 88.3 cm³/mol. The lowest BCUT2D eigenvalue weighted by Crippen LogP contribution is -2.05. The molecular formula is C17H21NO2S. The number of rotatable bonds is 7. The summed E-state index contributed by atoms with van der Waals surface area (Å²) in [6.07, 6.45) is 0. The summed E-state index contributed by atoms with van der Waals surface area (Å²) < 4.78 is 10.7. The average molecular weight is 303 g/mol. The molecule has 0 amide bonds. The standard InChI is InChI=1S/C17H21NO2S/c1-18-11-13-7-8-17(20-3)14(9-13)12-21-16-6-4-5-15(10-16)19-2/h4-10,18H,11-12H2,1-3H3. The maximum Gasteiger partial charge on any atom is 0.122 e. The average Bonchev–Trinajstić information content (AvgIpc) is 2.53. The fourth-order valence-corrected chi connectivity index (χ4v) is 3.03. The highest BCUT2D eigenvalue weighted by Crippen LogP contribution is 2.30. The van der Waals surface area contributed by atoms with Gasteiger partial charge in [0.2, 0.25) is 0 Å². The molecule has 21 heavy (non-hydrogen) atoms. The lowest BCUT2D eigenvalue weighted by atomic mass is 10.1. The van der Waals surface area contributed by atoms with Gasteiger partial charge in [-0.05, 0) is 42.9 Å². The minimum Gasteiger partial charge on any atom is -0.497 e. The summed E-state index contributed by atoms with van der Waals surface area (Å²) in [4.78, 5) is 1.19. The maximum atomic E-state index is 5.45. The van der Waals surface area contributed by atoms with Gasteiger partial charge in [0.1, 0.15) is 11.5 Å².